The van der Waals surface area contributed by atoms with Crippen LogP contribution < -0.4 is 5.32 Å². The molecule has 7 heteroatoms. The number of hydrogen-bond acceptors (Lipinski definition) is 4. The molecule has 6 nitrogen and oxygen atoms in total. The van der Waals surface area contributed by atoms with Crippen LogP contribution in [0.2, 0.25) is 0 Å². The van der Waals surface area contributed by atoms with Gasteiger partial charge in [0.2, 0.25) is 11.8 Å². The Morgan fingerprint density at radius 2 is 2.15 bits per heavy atom. The fourth-order valence-corrected chi connectivity index (χ4v) is 4.20. The second kappa shape index (κ2) is 4.95. The molecule has 2 amide bonds. The molecule has 0 bridgehead atoms. The van der Waals surface area contributed by atoms with Crippen LogP contribution in [0.25, 0.3) is 0 Å². The average Bonchev–Trinajstić information content (AvgIpc) is 2.99. The van der Waals surface area contributed by atoms with Crippen molar-refractivity contribution in [3.63, 3.8) is 0 Å². The van der Waals surface area contributed by atoms with E-state index < -0.39 is 17.4 Å². The zero-order valence-electron chi connectivity index (χ0n) is 11.1. The van der Waals surface area contributed by atoms with Gasteiger partial charge in [-0.15, -0.1) is 0 Å². The summed E-state index contributed by atoms with van der Waals surface area (Å²) in [5.41, 5.74) is -1.14. The van der Waals surface area contributed by atoms with Gasteiger partial charge in [0.05, 0.1) is 5.92 Å². The molecule has 3 aliphatic rings. The number of rotatable bonds is 4. The fraction of sp³-hybridized carbons (Fsp3) is 0.769. The molecule has 3 fully saturated rings. The quantitative estimate of drug-likeness (QED) is 0.767. The number of nitrogens with zero attached hydrogens (tertiary/aromatic N) is 1. The standard InChI is InChI=1S/C13H18N2O4S/c16-10-5-8(6-15(10)9-1-2-9)11(17)14-13(12(18)19)3-4-20-7-13/h8-9H,1-7H2,(H,14,17)(H,18,19). The first-order chi connectivity index (χ1) is 9.52. The molecule has 2 unspecified atom stereocenters. The Bertz CT molecular complexity index is 457. The van der Waals surface area contributed by atoms with Gasteiger partial charge in [0.15, 0.2) is 0 Å². The van der Waals surface area contributed by atoms with Crippen molar-refractivity contribution >= 4 is 29.5 Å². The topological polar surface area (TPSA) is 86.7 Å². The second-order valence-corrected chi connectivity index (χ2v) is 6.96. The molecule has 0 aromatic carbocycles. The second-order valence-electron chi connectivity index (χ2n) is 5.86. The van der Waals surface area contributed by atoms with Crippen molar-refractivity contribution in [1.82, 2.24) is 10.2 Å². The van der Waals surface area contributed by atoms with Gasteiger partial charge in [-0.2, -0.15) is 11.8 Å². The molecule has 3 rings (SSSR count). The van der Waals surface area contributed by atoms with Crippen LogP contribution >= 0.6 is 11.8 Å². The van der Waals surface area contributed by atoms with E-state index >= 15 is 0 Å². The van der Waals surface area contributed by atoms with Gasteiger partial charge in [-0.3, -0.25) is 9.59 Å². The molecule has 2 N–H and O–H groups in total. The Hall–Kier alpha value is -1.24. The first kappa shape index (κ1) is 13.7. The predicted molar refractivity (Wildman–Crippen MR) is 73.3 cm³/mol. The van der Waals surface area contributed by atoms with E-state index in [4.69, 9.17) is 0 Å². The van der Waals surface area contributed by atoms with Crippen LogP contribution in [0.3, 0.4) is 0 Å². The summed E-state index contributed by atoms with van der Waals surface area (Å²) < 4.78 is 0. The molecule has 2 saturated heterocycles. The van der Waals surface area contributed by atoms with Gasteiger partial charge < -0.3 is 15.3 Å². The van der Waals surface area contributed by atoms with Crippen LogP contribution in [-0.2, 0) is 14.4 Å². The lowest BCUT2D eigenvalue weighted by Crippen LogP contribution is -2.56. The highest BCUT2D eigenvalue weighted by molar-refractivity contribution is 7.99. The first-order valence-corrected chi connectivity index (χ1v) is 8.10. The highest BCUT2D eigenvalue weighted by atomic mass is 32.2. The minimum absolute atomic E-state index is 0.0258. The van der Waals surface area contributed by atoms with E-state index in [2.05, 4.69) is 5.32 Å². The summed E-state index contributed by atoms with van der Waals surface area (Å²) in [6, 6.07) is 0.316. The van der Waals surface area contributed by atoms with E-state index in [1.54, 1.807) is 4.90 Å². The molecule has 0 spiro atoms. The molecule has 0 aromatic rings. The van der Waals surface area contributed by atoms with Crippen molar-refractivity contribution in [2.24, 2.45) is 5.92 Å². The summed E-state index contributed by atoms with van der Waals surface area (Å²) >= 11 is 1.54. The Labute approximate surface area is 121 Å². The van der Waals surface area contributed by atoms with Crippen LogP contribution in [0.5, 0.6) is 0 Å². The van der Waals surface area contributed by atoms with Crippen molar-refractivity contribution in [2.75, 3.05) is 18.1 Å². The lowest BCUT2D eigenvalue weighted by molar-refractivity contribution is -0.147. The van der Waals surface area contributed by atoms with Crippen LogP contribution in [0.4, 0.5) is 0 Å². The Balaban J connectivity index is 1.64. The number of carboxylic acids is 1. The third-order valence-corrected chi connectivity index (χ3v) is 5.50. The van der Waals surface area contributed by atoms with Gasteiger partial charge in [0, 0.05) is 24.8 Å². The maximum absolute atomic E-state index is 12.3. The Kier molecular flexibility index (Phi) is 3.40. The third-order valence-electron chi connectivity index (χ3n) is 4.31. The predicted octanol–water partition coefficient (Wildman–Crippen LogP) is 0.0738. The van der Waals surface area contributed by atoms with Gasteiger partial charge >= 0.3 is 5.97 Å². The summed E-state index contributed by atoms with van der Waals surface area (Å²) in [6.07, 6.45) is 2.71. The van der Waals surface area contributed by atoms with Crippen LogP contribution in [0, 0.1) is 5.92 Å². The molecular weight excluding hydrogens is 280 g/mol. The van der Waals surface area contributed by atoms with Crippen LogP contribution in [-0.4, -0.2) is 57.4 Å². The zero-order chi connectivity index (χ0) is 14.3. The summed E-state index contributed by atoms with van der Waals surface area (Å²) in [5, 5.41) is 12.0. The van der Waals surface area contributed by atoms with Crippen LogP contribution in [0.1, 0.15) is 25.7 Å². The largest absolute Gasteiger partial charge is 0.479 e. The summed E-state index contributed by atoms with van der Waals surface area (Å²) in [4.78, 5) is 37.3. The first-order valence-electron chi connectivity index (χ1n) is 6.94. The summed E-state index contributed by atoms with van der Waals surface area (Å²) in [5.74, 6) is -0.487. The smallest absolute Gasteiger partial charge is 0.330 e. The number of carboxylic acid groups (broad SMARTS) is 1. The number of amides is 2. The van der Waals surface area contributed by atoms with Gasteiger partial charge in [0.25, 0.3) is 0 Å². The normalized spacial score (nSPS) is 33.5. The molecule has 2 aliphatic heterocycles. The molecule has 1 saturated carbocycles. The monoisotopic (exact) mass is 298 g/mol. The maximum Gasteiger partial charge on any atom is 0.330 e. The molecule has 1 aliphatic carbocycles. The van der Waals surface area contributed by atoms with Gasteiger partial charge in [0.1, 0.15) is 5.54 Å². The van der Waals surface area contributed by atoms with E-state index in [1.165, 1.54) is 11.8 Å². The highest BCUT2D eigenvalue weighted by Gasteiger charge is 2.47. The van der Waals surface area contributed by atoms with E-state index in [0.717, 1.165) is 18.6 Å². The lowest BCUT2D eigenvalue weighted by atomic mass is 9.97. The Morgan fingerprint density at radius 3 is 2.70 bits per heavy atom. The zero-order valence-corrected chi connectivity index (χ0v) is 11.9. The minimum Gasteiger partial charge on any atom is -0.479 e. The molecule has 0 radical (unpaired) electrons. The maximum atomic E-state index is 12.3. The van der Waals surface area contributed by atoms with Crippen molar-refractivity contribution < 1.29 is 19.5 Å². The van der Waals surface area contributed by atoms with Crippen LogP contribution in [0.15, 0.2) is 0 Å². The number of likely N-dealkylation sites (tertiary alicyclic amines) is 1. The number of hydrogen-bond donors (Lipinski definition) is 2. The van der Waals surface area contributed by atoms with Crippen molar-refractivity contribution in [3.05, 3.63) is 0 Å². The van der Waals surface area contributed by atoms with E-state index in [-0.39, 0.29) is 18.2 Å². The Morgan fingerprint density at radius 1 is 1.40 bits per heavy atom. The molecule has 110 valence electrons. The number of nitrogens with one attached hydrogen (secondary N) is 1. The number of thioether (sulfide) groups is 1. The average molecular weight is 298 g/mol. The lowest BCUT2D eigenvalue weighted by Gasteiger charge is -2.26. The van der Waals surface area contributed by atoms with E-state index in [1.807, 2.05) is 0 Å². The fourth-order valence-electron chi connectivity index (χ4n) is 2.87. The third kappa shape index (κ3) is 2.39. The van der Waals surface area contributed by atoms with E-state index in [0.29, 0.717) is 24.8 Å². The van der Waals surface area contributed by atoms with Gasteiger partial charge in [-0.25, -0.2) is 4.79 Å². The summed E-state index contributed by atoms with van der Waals surface area (Å²) in [7, 11) is 0. The van der Waals surface area contributed by atoms with Gasteiger partial charge in [-0.05, 0) is 25.0 Å². The molecule has 20 heavy (non-hydrogen) atoms. The van der Waals surface area contributed by atoms with Crippen molar-refractivity contribution in [1.29, 1.82) is 0 Å². The SMILES string of the molecule is O=C(NC1(C(=O)O)CCSC1)C1CC(=O)N(C2CC2)C1. The molecular formula is C13H18N2O4S. The van der Waals surface area contributed by atoms with Gasteiger partial charge in [-0.1, -0.05) is 0 Å². The minimum atomic E-state index is -1.14. The van der Waals surface area contributed by atoms with E-state index in [9.17, 15) is 19.5 Å². The van der Waals surface area contributed by atoms with Crippen molar-refractivity contribution in [3.8, 4) is 0 Å². The highest BCUT2D eigenvalue weighted by Crippen LogP contribution is 2.34. The molecule has 2 heterocycles. The molecule has 2 atom stereocenters. The number of carbonyl (C=O) groups excluding carboxylic acids is 2. The van der Waals surface area contributed by atoms with Crippen molar-refractivity contribution in [2.45, 2.75) is 37.3 Å². The summed E-state index contributed by atoms with van der Waals surface area (Å²) in [6.45, 7) is 0.443. The number of aliphatic carboxylic acids is 1. The molecule has 0 aromatic heterocycles. The number of carbonyl (C=O) groups is 3.